The van der Waals surface area contributed by atoms with E-state index in [2.05, 4.69) is 163 Å². The van der Waals surface area contributed by atoms with E-state index in [9.17, 15) is 0 Å². The SMILES string of the molecule is CN1C(=CC=CC2=[N+](C)c3c(ccc4ccccc34)C2(C)C)C(C)(Cc2ccccc2)c2cc(Br)ccc21. The summed E-state index contributed by atoms with van der Waals surface area (Å²) in [7, 11) is 4.41. The highest BCUT2D eigenvalue weighted by atomic mass is 79.9. The Morgan fingerprint density at radius 1 is 0.868 bits per heavy atom. The number of rotatable bonds is 4. The molecule has 190 valence electrons. The van der Waals surface area contributed by atoms with Gasteiger partial charge in [0.15, 0.2) is 5.71 Å². The van der Waals surface area contributed by atoms with E-state index in [0.29, 0.717) is 0 Å². The molecule has 0 aliphatic carbocycles. The average molecular weight is 563 g/mol. The van der Waals surface area contributed by atoms with E-state index >= 15 is 0 Å². The van der Waals surface area contributed by atoms with Gasteiger partial charge >= 0.3 is 0 Å². The zero-order valence-electron chi connectivity index (χ0n) is 22.8. The van der Waals surface area contributed by atoms with Crippen LogP contribution in [0, 0.1) is 0 Å². The second-order valence-electron chi connectivity index (χ2n) is 11.4. The fourth-order valence-corrected chi connectivity index (χ4v) is 7.08. The van der Waals surface area contributed by atoms with E-state index in [1.165, 1.54) is 50.2 Å². The highest BCUT2D eigenvalue weighted by Gasteiger charge is 2.44. The first-order valence-electron chi connectivity index (χ1n) is 13.3. The van der Waals surface area contributed by atoms with Crippen molar-refractivity contribution in [2.75, 3.05) is 19.0 Å². The van der Waals surface area contributed by atoms with Crippen molar-refractivity contribution < 1.29 is 4.58 Å². The number of likely N-dealkylation sites (N-methyl/N-ethyl adjacent to an activating group) is 1. The quantitative estimate of drug-likeness (QED) is 0.226. The first-order valence-corrected chi connectivity index (χ1v) is 14.1. The Labute approximate surface area is 234 Å². The van der Waals surface area contributed by atoms with Crippen LogP contribution >= 0.6 is 15.9 Å². The van der Waals surface area contributed by atoms with Crippen molar-refractivity contribution in [1.82, 2.24) is 0 Å². The molecule has 4 aromatic carbocycles. The number of hydrogen-bond donors (Lipinski definition) is 0. The molecule has 38 heavy (non-hydrogen) atoms. The molecular formula is C35H34BrN2+. The molecular weight excluding hydrogens is 528 g/mol. The van der Waals surface area contributed by atoms with Crippen molar-refractivity contribution in [2.45, 2.75) is 38.0 Å². The van der Waals surface area contributed by atoms with Crippen molar-refractivity contribution in [3.05, 3.63) is 130 Å². The van der Waals surface area contributed by atoms with E-state index in [0.717, 1.165) is 10.9 Å². The second kappa shape index (κ2) is 9.10. The van der Waals surface area contributed by atoms with Gasteiger partial charge in [0.1, 0.15) is 7.05 Å². The van der Waals surface area contributed by atoms with Gasteiger partial charge in [-0.25, -0.2) is 0 Å². The van der Waals surface area contributed by atoms with Gasteiger partial charge in [-0.3, -0.25) is 0 Å². The van der Waals surface area contributed by atoms with Crippen LogP contribution in [-0.4, -0.2) is 24.4 Å². The van der Waals surface area contributed by atoms with Gasteiger partial charge in [0, 0.05) is 40.0 Å². The number of anilines is 1. The average Bonchev–Trinajstić information content (AvgIpc) is 3.23. The molecule has 6 rings (SSSR count). The van der Waals surface area contributed by atoms with Crippen molar-refractivity contribution in [3.63, 3.8) is 0 Å². The van der Waals surface area contributed by atoms with Gasteiger partial charge in [0.05, 0.1) is 10.8 Å². The molecule has 1 atom stereocenters. The minimum absolute atomic E-state index is 0.0775. The van der Waals surface area contributed by atoms with Crippen molar-refractivity contribution in [1.29, 1.82) is 0 Å². The predicted molar refractivity (Wildman–Crippen MR) is 165 cm³/mol. The molecule has 0 aromatic heterocycles. The van der Waals surface area contributed by atoms with E-state index in [1.807, 2.05) is 0 Å². The largest absolute Gasteiger partial charge is 0.347 e. The summed E-state index contributed by atoms with van der Waals surface area (Å²) in [6.45, 7) is 7.06. The Morgan fingerprint density at radius 3 is 2.39 bits per heavy atom. The number of hydrogen-bond acceptors (Lipinski definition) is 1. The summed E-state index contributed by atoms with van der Waals surface area (Å²) >= 11 is 3.73. The van der Waals surface area contributed by atoms with Crippen molar-refractivity contribution in [2.24, 2.45) is 0 Å². The molecule has 0 amide bonds. The number of benzene rings is 4. The van der Waals surface area contributed by atoms with Crippen LogP contribution in [0.15, 0.2) is 113 Å². The Bertz CT molecular complexity index is 1660. The molecule has 0 N–H and O–H groups in total. The summed E-state index contributed by atoms with van der Waals surface area (Å²) in [5.74, 6) is 0. The molecule has 0 fully saturated rings. The number of halogens is 1. The molecule has 2 aliphatic heterocycles. The molecule has 0 radical (unpaired) electrons. The molecule has 2 nitrogen and oxygen atoms in total. The maximum atomic E-state index is 3.73. The fourth-order valence-electron chi connectivity index (χ4n) is 6.72. The Balaban J connectivity index is 1.43. The van der Waals surface area contributed by atoms with Gasteiger partial charge in [0.2, 0.25) is 5.69 Å². The van der Waals surface area contributed by atoms with Crippen LogP contribution in [0.5, 0.6) is 0 Å². The van der Waals surface area contributed by atoms with Gasteiger partial charge in [-0.2, -0.15) is 4.58 Å². The smallest absolute Gasteiger partial charge is 0.217 e. The van der Waals surface area contributed by atoms with Crippen molar-refractivity contribution >= 4 is 43.8 Å². The monoisotopic (exact) mass is 561 g/mol. The summed E-state index contributed by atoms with van der Waals surface area (Å²) in [5.41, 5.74) is 9.10. The molecule has 0 saturated carbocycles. The van der Waals surface area contributed by atoms with Gasteiger partial charge in [0.25, 0.3) is 0 Å². The predicted octanol–water partition coefficient (Wildman–Crippen LogP) is 8.70. The Kier molecular flexibility index (Phi) is 5.96. The van der Waals surface area contributed by atoms with Gasteiger partial charge in [-0.15, -0.1) is 0 Å². The molecule has 3 heteroatoms. The van der Waals surface area contributed by atoms with Crippen LogP contribution in [0.2, 0.25) is 0 Å². The third kappa shape index (κ3) is 3.79. The Morgan fingerprint density at radius 2 is 1.61 bits per heavy atom. The van der Waals surface area contributed by atoms with Crippen LogP contribution in [0.4, 0.5) is 11.4 Å². The standard InChI is InChI=1S/C35H34BrN2/c1-34(2)28-20-18-25-14-9-10-15-27(25)33(28)38(5)31(34)16-11-17-32-35(3,23-24-12-7-6-8-13-24)29-22-26(36)19-21-30(29)37(32)4/h6-22H,23H2,1-5H3/q+1. The number of fused-ring (bicyclic) bond motifs is 4. The van der Waals surface area contributed by atoms with E-state index < -0.39 is 0 Å². The second-order valence-corrected chi connectivity index (χ2v) is 12.3. The summed E-state index contributed by atoms with van der Waals surface area (Å²) in [4.78, 5) is 2.37. The molecule has 0 bridgehead atoms. The fraction of sp³-hybridized carbons (Fsp3) is 0.229. The van der Waals surface area contributed by atoms with Gasteiger partial charge < -0.3 is 4.90 Å². The van der Waals surface area contributed by atoms with Crippen LogP contribution in [-0.2, 0) is 17.3 Å². The third-order valence-corrected chi connectivity index (χ3v) is 9.15. The summed E-state index contributed by atoms with van der Waals surface area (Å²) in [5, 5.41) is 2.60. The summed E-state index contributed by atoms with van der Waals surface area (Å²) < 4.78 is 3.51. The van der Waals surface area contributed by atoms with Crippen LogP contribution < -0.4 is 4.90 Å². The molecule has 4 aromatic rings. The number of allylic oxidation sites excluding steroid dienone is 4. The summed E-state index contributed by atoms with van der Waals surface area (Å²) in [6.07, 6.45) is 7.85. The van der Waals surface area contributed by atoms with Gasteiger partial charge in [-0.1, -0.05) is 82.7 Å². The maximum absolute atomic E-state index is 3.73. The minimum Gasteiger partial charge on any atom is -0.347 e. The summed E-state index contributed by atoms with van der Waals surface area (Å²) in [6, 6.07) is 30.8. The highest BCUT2D eigenvalue weighted by Crippen LogP contribution is 2.50. The van der Waals surface area contributed by atoms with Crippen LogP contribution in [0.3, 0.4) is 0 Å². The lowest BCUT2D eigenvalue weighted by atomic mass is 9.76. The lowest BCUT2D eigenvalue weighted by Crippen LogP contribution is -2.29. The molecule has 0 saturated heterocycles. The zero-order valence-corrected chi connectivity index (χ0v) is 24.4. The highest BCUT2D eigenvalue weighted by molar-refractivity contribution is 9.10. The van der Waals surface area contributed by atoms with Crippen LogP contribution in [0.25, 0.3) is 10.8 Å². The lowest BCUT2D eigenvalue weighted by molar-refractivity contribution is -0.399. The molecule has 2 aliphatic rings. The molecule has 0 spiro atoms. The lowest BCUT2D eigenvalue weighted by Gasteiger charge is -2.29. The first-order chi connectivity index (χ1) is 18.2. The Hall–Kier alpha value is -3.43. The maximum Gasteiger partial charge on any atom is 0.217 e. The first kappa shape index (κ1) is 24.9. The normalized spacial score (nSPS) is 21.1. The van der Waals surface area contributed by atoms with Crippen molar-refractivity contribution in [3.8, 4) is 0 Å². The molecule has 2 heterocycles. The topological polar surface area (TPSA) is 6.25 Å². The third-order valence-electron chi connectivity index (χ3n) is 8.66. The van der Waals surface area contributed by atoms with Crippen LogP contribution in [0.1, 0.15) is 37.5 Å². The van der Waals surface area contributed by atoms with E-state index in [1.54, 1.807) is 0 Å². The zero-order chi connectivity index (χ0) is 26.7. The van der Waals surface area contributed by atoms with Gasteiger partial charge in [-0.05, 0) is 74.0 Å². The number of nitrogens with zero attached hydrogens (tertiary/aromatic N) is 2. The molecule has 1 unspecified atom stereocenters. The van der Waals surface area contributed by atoms with E-state index in [-0.39, 0.29) is 10.8 Å². The van der Waals surface area contributed by atoms with E-state index in [4.69, 9.17) is 0 Å². The minimum atomic E-state index is -0.138.